The Morgan fingerprint density at radius 3 is 0.819 bits per heavy atom. The van der Waals surface area contributed by atoms with Crippen LogP contribution in [0.4, 0.5) is 0 Å². The van der Waals surface area contributed by atoms with Gasteiger partial charge in [0.05, 0.1) is 66.9 Å². The number of hydrogen-bond acceptors (Lipinski definition) is 8. The minimum atomic E-state index is 0.922. The summed E-state index contributed by atoms with van der Waals surface area (Å²) in [6.45, 7) is 0. The van der Waals surface area contributed by atoms with Crippen LogP contribution >= 0.6 is 0 Å². The predicted molar refractivity (Wildman–Crippen MR) is 385 cm³/mol. The molecule has 0 aliphatic heterocycles. The van der Waals surface area contributed by atoms with Crippen molar-refractivity contribution in [2.45, 2.75) is 0 Å². The van der Waals surface area contributed by atoms with Crippen molar-refractivity contribution in [2.24, 2.45) is 0 Å². The summed E-state index contributed by atoms with van der Waals surface area (Å²) in [5, 5.41) is 13.2. The van der Waals surface area contributed by atoms with Crippen molar-refractivity contribution in [3.63, 3.8) is 0 Å². The maximum absolute atomic E-state index is 5.31. The van der Waals surface area contributed by atoms with Crippen molar-refractivity contribution in [3.8, 4) is 112 Å². The Bertz CT molecular complexity index is 6420. The zero-order valence-corrected chi connectivity index (χ0v) is 50.1. The Morgan fingerprint density at radius 2 is 0.457 bits per heavy atom. The second-order valence-corrected chi connectivity index (χ2v) is 24.8. The van der Waals surface area contributed by atoms with Gasteiger partial charge >= 0.3 is 0 Å². The molecule has 0 N–H and O–H groups in total. The molecule has 0 radical (unpaired) electrons. The number of hydrogen-bond donors (Lipinski definition) is 0. The van der Waals surface area contributed by atoms with Gasteiger partial charge in [0.15, 0.2) is 0 Å². The van der Waals surface area contributed by atoms with E-state index in [1.807, 2.05) is 61.2 Å². The highest BCUT2D eigenvalue weighted by molar-refractivity contribution is 6.25. The number of benzene rings is 11. The molecule has 19 aromatic rings. The van der Waals surface area contributed by atoms with Gasteiger partial charge in [-0.1, -0.05) is 158 Å². The van der Waals surface area contributed by atoms with Crippen LogP contribution in [-0.4, -0.2) is 39.9 Å². The summed E-state index contributed by atoms with van der Waals surface area (Å²) in [6, 6.07) is 90.4. The number of rotatable bonds is 4. The van der Waals surface area contributed by atoms with Crippen molar-refractivity contribution in [1.29, 1.82) is 0 Å². The topological polar surface area (TPSA) is 103 Å². The fourth-order valence-electron chi connectivity index (χ4n) is 15.8. The molecule has 94 heavy (non-hydrogen) atoms. The fourth-order valence-corrected chi connectivity index (χ4v) is 15.8. The Labute approximate surface area is 536 Å². The minimum absolute atomic E-state index is 0.922. The van der Waals surface area contributed by atoms with Gasteiger partial charge in [0.25, 0.3) is 0 Å². The zero-order chi connectivity index (χ0) is 61.3. The second kappa shape index (κ2) is 19.4. The van der Waals surface area contributed by atoms with Crippen LogP contribution in [0.15, 0.2) is 280 Å². The van der Waals surface area contributed by atoms with Crippen LogP contribution in [0.5, 0.6) is 0 Å². The monoisotopic (exact) mass is 1190 g/mol. The van der Waals surface area contributed by atoms with Gasteiger partial charge in [-0.15, -0.1) is 0 Å². The first-order valence-corrected chi connectivity index (χ1v) is 31.8. The number of nitrogens with zero attached hydrogens (tertiary/aromatic N) is 8. The van der Waals surface area contributed by atoms with Crippen LogP contribution < -0.4 is 0 Å². The van der Waals surface area contributed by atoms with Gasteiger partial charge in [0, 0.05) is 112 Å². The predicted octanol–water partition coefficient (Wildman–Crippen LogP) is 21.7. The summed E-state index contributed by atoms with van der Waals surface area (Å²) in [5.41, 5.74) is 30.6. The molecular formula is C86H46N8. The highest BCUT2D eigenvalue weighted by atomic mass is 14.8. The smallest absolute Gasteiger partial charge is 0.0788 e. The third-order valence-corrected chi connectivity index (χ3v) is 19.9. The maximum Gasteiger partial charge on any atom is 0.0788 e. The molecule has 11 aromatic carbocycles. The van der Waals surface area contributed by atoms with Crippen LogP contribution in [-0.2, 0) is 0 Å². The second-order valence-electron chi connectivity index (χ2n) is 24.8. The van der Waals surface area contributed by atoms with Crippen LogP contribution in [0.25, 0.3) is 221 Å². The Morgan fingerprint density at radius 1 is 0.170 bits per heavy atom. The summed E-state index contributed by atoms with van der Waals surface area (Å²) in [7, 11) is 0. The summed E-state index contributed by atoms with van der Waals surface area (Å²) in [5.74, 6) is 0. The van der Waals surface area contributed by atoms with Crippen molar-refractivity contribution >= 4 is 109 Å². The van der Waals surface area contributed by atoms with E-state index in [-0.39, 0.29) is 0 Å². The molecule has 8 heteroatoms. The van der Waals surface area contributed by atoms with E-state index < -0.39 is 0 Å². The summed E-state index contributed by atoms with van der Waals surface area (Å²) < 4.78 is 0. The summed E-state index contributed by atoms with van der Waals surface area (Å²) >= 11 is 0. The molecule has 22 rings (SSSR count). The summed E-state index contributed by atoms with van der Waals surface area (Å²) in [4.78, 5) is 40.9. The SMILES string of the molecule is c1ccc2c(c1)-c1cccc3nc(-c4cc5c(cc(-c6cc7c8c(cccc8n6)-c6ccccc6-7)c6cccnc65)c5ncccc45)cc-2c13.c1ccc2c(c1)-c1cccc3nc(-c4cc5c(cc(-c6ccc7ccccc7n6)c6cccnc65)c5ncccc45)cc-2c13. The summed E-state index contributed by atoms with van der Waals surface area (Å²) in [6.07, 6.45) is 7.52. The average Bonchev–Trinajstić information content (AvgIpc) is 1.17. The van der Waals surface area contributed by atoms with Crippen molar-refractivity contribution < 1.29 is 0 Å². The Hall–Kier alpha value is -12.8. The molecule has 0 fully saturated rings. The van der Waals surface area contributed by atoms with E-state index in [0.29, 0.717) is 0 Å². The van der Waals surface area contributed by atoms with Crippen molar-refractivity contribution in [1.82, 2.24) is 39.9 Å². The van der Waals surface area contributed by atoms with Gasteiger partial charge < -0.3 is 0 Å². The largest absolute Gasteiger partial charge is 0.256 e. The van der Waals surface area contributed by atoms with Gasteiger partial charge in [0.1, 0.15) is 0 Å². The molecular weight excluding hydrogens is 1150 g/mol. The third kappa shape index (κ3) is 7.27. The van der Waals surface area contributed by atoms with Gasteiger partial charge in [-0.3, -0.25) is 19.9 Å². The first-order valence-electron chi connectivity index (χ1n) is 31.8. The van der Waals surface area contributed by atoms with Crippen LogP contribution in [0.2, 0.25) is 0 Å². The Balaban J connectivity index is 0.000000127. The highest BCUT2D eigenvalue weighted by Gasteiger charge is 2.28. The van der Waals surface area contributed by atoms with Crippen LogP contribution in [0.1, 0.15) is 0 Å². The van der Waals surface area contributed by atoms with E-state index >= 15 is 0 Å². The minimum Gasteiger partial charge on any atom is -0.256 e. The number of para-hydroxylation sites is 1. The van der Waals surface area contributed by atoms with E-state index in [2.05, 4.69) is 218 Å². The fraction of sp³-hybridized carbons (Fsp3) is 0. The van der Waals surface area contributed by atoms with E-state index in [0.717, 1.165) is 138 Å². The molecule has 0 atom stereocenters. The lowest BCUT2D eigenvalue weighted by Gasteiger charge is -2.15. The average molecular weight is 1190 g/mol. The molecule has 0 saturated carbocycles. The molecule has 0 spiro atoms. The zero-order valence-electron chi connectivity index (χ0n) is 50.1. The molecule has 0 saturated heterocycles. The maximum atomic E-state index is 5.31. The van der Waals surface area contributed by atoms with E-state index in [9.17, 15) is 0 Å². The molecule has 3 aliphatic carbocycles. The molecule has 8 nitrogen and oxygen atoms in total. The van der Waals surface area contributed by atoms with Crippen LogP contribution in [0.3, 0.4) is 0 Å². The molecule has 8 heterocycles. The van der Waals surface area contributed by atoms with Gasteiger partial charge in [-0.05, 0) is 164 Å². The van der Waals surface area contributed by atoms with E-state index in [4.69, 9.17) is 39.9 Å². The van der Waals surface area contributed by atoms with Crippen molar-refractivity contribution in [2.75, 3.05) is 0 Å². The molecule has 0 bridgehead atoms. The van der Waals surface area contributed by atoms with Gasteiger partial charge in [-0.2, -0.15) is 0 Å². The third-order valence-electron chi connectivity index (χ3n) is 19.9. The molecule has 0 unspecified atom stereocenters. The Kier molecular flexibility index (Phi) is 10.5. The highest BCUT2D eigenvalue weighted by Crippen LogP contribution is 2.53. The van der Waals surface area contributed by atoms with Gasteiger partial charge in [0.2, 0.25) is 0 Å². The molecule has 0 amide bonds. The number of pyridine rings is 8. The van der Waals surface area contributed by atoms with E-state index in [1.54, 1.807) is 0 Å². The van der Waals surface area contributed by atoms with Crippen molar-refractivity contribution in [3.05, 3.63) is 280 Å². The molecule has 430 valence electrons. The van der Waals surface area contributed by atoms with Gasteiger partial charge in [-0.25, -0.2) is 19.9 Å². The first-order chi connectivity index (χ1) is 46.6. The number of aromatic nitrogens is 8. The normalized spacial score (nSPS) is 12.3. The molecule has 8 aromatic heterocycles. The molecule has 3 aliphatic rings. The lowest BCUT2D eigenvalue weighted by atomic mass is 9.92. The standard InChI is InChI=1S/C46H24N4.C40H22N4/c1-3-11-27-25(9-1)29-13-5-17-39-43(29)35(27)23-41(49-39)33-21-37-38(45-31(33)15-7-19-47-45)22-34(32-16-8-20-48-46(32)37)42-24-36-28-12-4-2-10-26(28)30-14-6-18-40(50-42)44(30)36;1-4-14-34-23(8-1)16-17-35(43-34)29-20-32-33(39-27(29)12-6-18-41-39)21-30(28-13-7-19-42-40(28)32)37-22-31-25-10-3-2-9-24(25)26-11-5-15-36(44-37)38(26)31/h1-24H;1-22H. The lowest BCUT2D eigenvalue weighted by Crippen LogP contribution is -1.95. The number of fused-ring (bicyclic) bond motifs is 20. The van der Waals surface area contributed by atoms with E-state index in [1.165, 1.54) is 82.9 Å². The van der Waals surface area contributed by atoms with Crippen LogP contribution in [0, 0.1) is 0 Å². The first kappa shape index (κ1) is 51.0. The quantitative estimate of drug-likeness (QED) is 0.161. The lowest BCUT2D eigenvalue weighted by molar-refractivity contribution is 1.38.